The van der Waals surface area contributed by atoms with Crippen molar-refractivity contribution in [3.8, 4) is 0 Å². The standard InChI is InChI=1S/C14H22N2O2/c17-14-11-15(9-12-5-4-8-18-12)10-13(14)16-6-2-1-3-7-16/h4-5,8,13-14,17H,1-3,6-7,9-11H2/t13-,14-/m1/s1. The smallest absolute Gasteiger partial charge is 0.117 e. The summed E-state index contributed by atoms with van der Waals surface area (Å²) in [5, 5.41) is 10.2. The molecule has 2 saturated heterocycles. The number of piperidine rings is 1. The summed E-state index contributed by atoms with van der Waals surface area (Å²) in [4.78, 5) is 4.76. The number of aliphatic hydroxyl groups is 1. The molecule has 0 aromatic carbocycles. The summed E-state index contributed by atoms with van der Waals surface area (Å²) >= 11 is 0. The fourth-order valence-corrected chi connectivity index (χ4v) is 3.21. The van der Waals surface area contributed by atoms with Gasteiger partial charge in [0.1, 0.15) is 5.76 Å². The van der Waals surface area contributed by atoms with E-state index in [1.165, 1.54) is 19.3 Å². The first-order chi connectivity index (χ1) is 8.83. The summed E-state index contributed by atoms with van der Waals surface area (Å²) < 4.78 is 5.37. The first-order valence-electron chi connectivity index (χ1n) is 7.00. The summed E-state index contributed by atoms with van der Waals surface area (Å²) in [6, 6.07) is 4.24. The van der Waals surface area contributed by atoms with E-state index in [-0.39, 0.29) is 6.10 Å². The second kappa shape index (κ2) is 5.43. The lowest BCUT2D eigenvalue weighted by Crippen LogP contribution is -2.45. The van der Waals surface area contributed by atoms with E-state index in [0.717, 1.165) is 38.5 Å². The molecule has 2 atom stereocenters. The van der Waals surface area contributed by atoms with Gasteiger partial charge >= 0.3 is 0 Å². The third-order valence-electron chi connectivity index (χ3n) is 4.15. The molecule has 4 nitrogen and oxygen atoms in total. The lowest BCUT2D eigenvalue weighted by Gasteiger charge is -2.33. The molecule has 1 N–H and O–H groups in total. The molecule has 1 aromatic heterocycles. The maximum atomic E-state index is 10.2. The maximum Gasteiger partial charge on any atom is 0.117 e. The monoisotopic (exact) mass is 250 g/mol. The van der Waals surface area contributed by atoms with Crippen LogP contribution in [0.4, 0.5) is 0 Å². The highest BCUT2D eigenvalue weighted by Crippen LogP contribution is 2.22. The molecular formula is C14H22N2O2. The topological polar surface area (TPSA) is 39.9 Å². The zero-order chi connectivity index (χ0) is 12.4. The molecule has 0 bridgehead atoms. The maximum absolute atomic E-state index is 10.2. The minimum absolute atomic E-state index is 0.210. The highest BCUT2D eigenvalue weighted by Gasteiger charge is 2.35. The van der Waals surface area contributed by atoms with E-state index in [4.69, 9.17) is 4.42 Å². The fourth-order valence-electron chi connectivity index (χ4n) is 3.21. The van der Waals surface area contributed by atoms with Gasteiger partial charge in [-0.3, -0.25) is 9.80 Å². The van der Waals surface area contributed by atoms with Gasteiger partial charge in [-0.05, 0) is 38.1 Å². The number of β-amino-alcohol motifs (C(OH)–C–C–N with tert-alkyl or cyclic N) is 1. The van der Waals surface area contributed by atoms with Crippen LogP contribution < -0.4 is 0 Å². The fraction of sp³-hybridized carbons (Fsp3) is 0.714. The summed E-state index contributed by atoms with van der Waals surface area (Å²) in [6.07, 6.45) is 5.40. The van der Waals surface area contributed by atoms with Crippen molar-refractivity contribution in [3.05, 3.63) is 24.2 Å². The molecule has 0 saturated carbocycles. The van der Waals surface area contributed by atoms with Crippen molar-refractivity contribution in [3.63, 3.8) is 0 Å². The Balaban J connectivity index is 1.57. The quantitative estimate of drug-likeness (QED) is 0.878. The summed E-state index contributed by atoms with van der Waals surface area (Å²) in [7, 11) is 0. The Hall–Kier alpha value is -0.840. The van der Waals surface area contributed by atoms with Crippen LogP contribution in [0.1, 0.15) is 25.0 Å². The SMILES string of the molecule is O[C@@H]1CN(Cc2ccco2)C[C@H]1N1CCCCC1. The molecule has 0 aliphatic carbocycles. The van der Waals surface area contributed by atoms with Crippen LogP contribution in [0.2, 0.25) is 0 Å². The normalized spacial score (nSPS) is 30.9. The molecule has 100 valence electrons. The number of furan rings is 1. The number of hydrogen-bond donors (Lipinski definition) is 1. The van der Waals surface area contributed by atoms with Crippen molar-refractivity contribution in [1.82, 2.24) is 9.80 Å². The first-order valence-corrected chi connectivity index (χ1v) is 7.00. The molecule has 1 aromatic rings. The Labute approximate surface area is 108 Å². The zero-order valence-corrected chi connectivity index (χ0v) is 10.8. The third kappa shape index (κ3) is 2.60. The molecule has 0 radical (unpaired) electrons. The van der Waals surface area contributed by atoms with Gasteiger partial charge in [0.05, 0.1) is 18.9 Å². The number of nitrogens with zero attached hydrogens (tertiary/aromatic N) is 2. The molecule has 2 aliphatic heterocycles. The molecule has 0 amide bonds. The Morgan fingerprint density at radius 2 is 2.06 bits per heavy atom. The van der Waals surface area contributed by atoms with Gasteiger partial charge in [0.25, 0.3) is 0 Å². The van der Waals surface area contributed by atoms with E-state index >= 15 is 0 Å². The number of aliphatic hydroxyl groups excluding tert-OH is 1. The Bertz CT molecular complexity index is 360. The Morgan fingerprint density at radius 3 is 2.78 bits per heavy atom. The van der Waals surface area contributed by atoms with Gasteiger partial charge in [-0.2, -0.15) is 0 Å². The minimum Gasteiger partial charge on any atom is -0.468 e. The van der Waals surface area contributed by atoms with Crippen LogP contribution >= 0.6 is 0 Å². The van der Waals surface area contributed by atoms with Gasteiger partial charge in [-0.1, -0.05) is 6.42 Å². The van der Waals surface area contributed by atoms with E-state index in [1.54, 1.807) is 6.26 Å². The second-order valence-corrected chi connectivity index (χ2v) is 5.50. The second-order valence-electron chi connectivity index (χ2n) is 5.50. The van der Waals surface area contributed by atoms with Gasteiger partial charge in [0, 0.05) is 19.1 Å². The van der Waals surface area contributed by atoms with Crippen molar-refractivity contribution < 1.29 is 9.52 Å². The summed E-state index contributed by atoms with van der Waals surface area (Å²) in [5.41, 5.74) is 0. The molecule has 0 unspecified atom stereocenters. The van der Waals surface area contributed by atoms with Crippen LogP contribution in [0, 0.1) is 0 Å². The highest BCUT2D eigenvalue weighted by molar-refractivity contribution is 5.00. The van der Waals surface area contributed by atoms with E-state index < -0.39 is 0 Å². The van der Waals surface area contributed by atoms with Gasteiger partial charge in [0.2, 0.25) is 0 Å². The zero-order valence-electron chi connectivity index (χ0n) is 10.8. The predicted octanol–water partition coefficient (Wildman–Crippen LogP) is 1.31. The first kappa shape index (κ1) is 12.2. The van der Waals surface area contributed by atoms with Gasteiger partial charge in [-0.25, -0.2) is 0 Å². The molecule has 3 heterocycles. The average Bonchev–Trinajstić information content (AvgIpc) is 3.01. The van der Waals surface area contributed by atoms with Crippen molar-refractivity contribution in [1.29, 1.82) is 0 Å². The predicted molar refractivity (Wildman–Crippen MR) is 69.2 cm³/mol. The molecule has 4 heteroatoms. The Kier molecular flexibility index (Phi) is 3.68. The van der Waals surface area contributed by atoms with Gasteiger partial charge in [0.15, 0.2) is 0 Å². The van der Waals surface area contributed by atoms with Crippen LogP contribution in [-0.4, -0.2) is 53.2 Å². The number of hydrogen-bond acceptors (Lipinski definition) is 4. The van der Waals surface area contributed by atoms with Crippen molar-refractivity contribution in [2.45, 2.75) is 38.0 Å². The average molecular weight is 250 g/mol. The van der Waals surface area contributed by atoms with Crippen molar-refractivity contribution in [2.75, 3.05) is 26.2 Å². The van der Waals surface area contributed by atoms with Gasteiger partial charge < -0.3 is 9.52 Å². The molecule has 3 rings (SSSR count). The van der Waals surface area contributed by atoms with E-state index in [0.29, 0.717) is 6.04 Å². The lowest BCUT2D eigenvalue weighted by atomic mass is 10.1. The third-order valence-corrected chi connectivity index (χ3v) is 4.15. The van der Waals surface area contributed by atoms with Gasteiger partial charge in [-0.15, -0.1) is 0 Å². The van der Waals surface area contributed by atoms with Crippen molar-refractivity contribution >= 4 is 0 Å². The Morgan fingerprint density at radius 1 is 1.22 bits per heavy atom. The molecule has 2 aliphatic rings. The largest absolute Gasteiger partial charge is 0.468 e. The highest BCUT2D eigenvalue weighted by atomic mass is 16.3. The molecular weight excluding hydrogens is 228 g/mol. The lowest BCUT2D eigenvalue weighted by molar-refractivity contribution is 0.0706. The van der Waals surface area contributed by atoms with E-state index in [9.17, 15) is 5.11 Å². The molecule has 18 heavy (non-hydrogen) atoms. The van der Waals surface area contributed by atoms with E-state index in [1.807, 2.05) is 12.1 Å². The van der Waals surface area contributed by atoms with Crippen LogP contribution in [-0.2, 0) is 6.54 Å². The minimum atomic E-state index is -0.210. The van der Waals surface area contributed by atoms with Crippen LogP contribution in [0.25, 0.3) is 0 Å². The number of likely N-dealkylation sites (tertiary alicyclic amines) is 2. The van der Waals surface area contributed by atoms with Crippen LogP contribution in [0.5, 0.6) is 0 Å². The van der Waals surface area contributed by atoms with E-state index in [2.05, 4.69) is 9.80 Å². The number of rotatable bonds is 3. The van der Waals surface area contributed by atoms with Crippen LogP contribution in [0.3, 0.4) is 0 Å². The van der Waals surface area contributed by atoms with Crippen LogP contribution in [0.15, 0.2) is 22.8 Å². The van der Waals surface area contributed by atoms with Crippen molar-refractivity contribution in [2.24, 2.45) is 0 Å². The summed E-state index contributed by atoms with van der Waals surface area (Å²) in [6.45, 7) is 4.84. The molecule has 0 spiro atoms. The molecule has 2 fully saturated rings. The summed E-state index contributed by atoms with van der Waals surface area (Å²) in [5.74, 6) is 0.987.